The van der Waals surface area contributed by atoms with Gasteiger partial charge in [0.2, 0.25) is 0 Å². The maximum Gasteiger partial charge on any atom is 0.499 e. The fourth-order valence-electron chi connectivity index (χ4n) is 3.68. The third-order valence-corrected chi connectivity index (χ3v) is 5.95. The van der Waals surface area contributed by atoms with Crippen molar-refractivity contribution in [2.75, 3.05) is 5.32 Å². The van der Waals surface area contributed by atoms with Crippen molar-refractivity contribution in [3.8, 4) is 11.4 Å². The molecule has 0 spiro atoms. The molecular weight excluding hydrogens is 539 g/mol. The van der Waals surface area contributed by atoms with Gasteiger partial charge in [0.25, 0.3) is 0 Å². The van der Waals surface area contributed by atoms with Crippen molar-refractivity contribution >= 4 is 34.8 Å². The molecule has 1 heterocycles. The van der Waals surface area contributed by atoms with Gasteiger partial charge in [-0.15, -0.1) is 5.10 Å². The summed E-state index contributed by atoms with van der Waals surface area (Å²) in [7, 11) is 0. The highest BCUT2D eigenvalue weighted by atomic mass is 32.1. The number of thiocarbonyl (C=S) groups is 1. The van der Waals surface area contributed by atoms with Gasteiger partial charge in [0.05, 0.1) is 11.9 Å². The fraction of sp³-hybridized carbons (Fsp3) is 0.231. The number of nitrogens with zero attached hydrogens (tertiary/aromatic N) is 4. The molecule has 0 saturated carbocycles. The molecule has 0 radical (unpaired) electrons. The number of allylic oxidation sites excluding steroid dienone is 4. The van der Waals surface area contributed by atoms with E-state index in [9.17, 15) is 22.0 Å². The summed E-state index contributed by atoms with van der Waals surface area (Å²) in [6.45, 7) is 3.99. The van der Waals surface area contributed by atoms with E-state index in [1.54, 1.807) is 6.21 Å². The minimum Gasteiger partial charge on any atom is -0.426 e. The lowest BCUT2D eigenvalue weighted by Crippen LogP contribution is -2.41. The number of rotatable bonds is 7. The van der Waals surface area contributed by atoms with Crippen molar-refractivity contribution in [1.29, 1.82) is 0 Å². The van der Waals surface area contributed by atoms with Crippen LogP contribution in [0.15, 0.2) is 71.6 Å². The quantitative estimate of drug-likeness (QED) is 0.148. The summed E-state index contributed by atoms with van der Waals surface area (Å²) >= 11 is 5.32. The Bertz CT molecular complexity index is 1420. The highest BCUT2D eigenvalue weighted by Crippen LogP contribution is 2.37. The molecule has 2 aromatic carbocycles. The summed E-state index contributed by atoms with van der Waals surface area (Å²) in [6, 6.07) is 10.6. The van der Waals surface area contributed by atoms with Gasteiger partial charge in [-0.05, 0) is 85.4 Å². The van der Waals surface area contributed by atoms with Crippen LogP contribution in [0.2, 0.25) is 0 Å². The second-order valence-electron chi connectivity index (χ2n) is 8.65. The van der Waals surface area contributed by atoms with Crippen molar-refractivity contribution < 1.29 is 26.7 Å². The van der Waals surface area contributed by atoms with Gasteiger partial charge in [0.1, 0.15) is 12.1 Å². The van der Waals surface area contributed by atoms with Crippen molar-refractivity contribution in [3.63, 3.8) is 0 Å². The maximum atomic E-state index is 13.1. The smallest absolute Gasteiger partial charge is 0.426 e. The molecule has 0 unspecified atom stereocenters. The molecular formula is C26H23F5N6OS. The van der Waals surface area contributed by atoms with E-state index in [-0.39, 0.29) is 0 Å². The van der Waals surface area contributed by atoms with Crippen LogP contribution >= 0.6 is 12.2 Å². The van der Waals surface area contributed by atoms with Gasteiger partial charge in [-0.25, -0.2) is 9.67 Å². The number of para-hydroxylation sites is 1. The first-order valence-corrected chi connectivity index (χ1v) is 12.1. The summed E-state index contributed by atoms with van der Waals surface area (Å²) in [4.78, 5) is 4.28. The lowest BCUT2D eigenvalue weighted by Gasteiger charge is -2.20. The topological polar surface area (TPSA) is 76.4 Å². The first-order valence-electron chi connectivity index (χ1n) is 11.6. The van der Waals surface area contributed by atoms with Crippen LogP contribution in [-0.2, 0) is 0 Å². The summed E-state index contributed by atoms with van der Waals surface area (Å²) < 4.78 is 68.3. The summed E-state index contributed by atoms with van der Waals surface area (Å²) in [5, 5.41) is 12.1. The zero-order valence-electron chi connectivity index (χ0n) is 20.8. The number of aryl methyl sites for hydroxylation is 2. The molecule has 0 atom stereocenters. The van der Waals surface area contributed by atoms with E-state index in [0.717, 1.165) is 40.1 Å². The Hall–Kier alpha value is -4.13. The number of hydrogen-bond acceptors (Lipinski definition) is 5. The molecule has 204 valence electrons. The molecule has 0 aliphatic heterocycles. The summed E-state index contributed by atoms with van der Waals surface area (Å²) in [6.07, 6.45) is -2.92. The van der Waals surface area contributed by atoms with Crippen molar-refractivity contribution in [2.45, 2.75) is 39.0 Å². The Morgan fingerprint density at radius 2 is 1.72 bits per heavy atom. The largest absolute Gasteiger partial charge is 0.499 e. The van der Waals surface area contributed by atoms with Crippen LogP contribution in [0, 0.1) is 13.8 Å². The van der Waals surface area contributed by atoms with Crippen LogP contribution < -0.4 is 15.5 Å². The van der Waals surface area contributed by atoms with Gasteiger partial charge >= 0.3 is 12.3 Å². The number of hydrogen-bond donors (Lipinski definition) is 2. The zero-order valence-corrected chi connectivity index (χ0v) is 21.6. The SMILES string of the molecule is Cc1cccc(C)c1NC(=S)N/N=C/C1=CC=C(c2ncn(-c3ccc(OC(F)(F)C(F)(F)F)cc3)n2)CC1. The van der Waals surface area contributed by atoms with Crippen LogP contribution in [0.25, 0.3) is 11.3 Å². The van der Waals surface area contributed by atoms with Gasteiger partial charge in [-0.1, -0.05) is 30.4 Å². The van der Waals surface area contributed by atoms with Gasteiger partial charge in [-0.3, -0.25) is 5.43 Å². The van der Waals surface area contributed by atoms with E-state index in [1.165, 1.54) is 23.1 Å². The van der Waals surface area contributed by atoms with Crippen molar-refractivity contribution in [2.24, 2.45) is 5.10 Å². The second kappa shape index (κ2) is 11.3. The Morgan fingerprint density at radius 1 is 1.03 bits per heavy atom. The second-order valence-corrected chi connectivity index (χ2v) is 9.06. The highest BCUT2D eigenvalue weighted by molar-refractivity contribution is 7.80. The normalized spacial score (nSPS) is 14.1. The first-order chi connectivity index (χ1) is 18.4. The van der Waals surface area contributed by atoms with Crippen molar-refractivity contribution in [1.82, 2.24) is 20.2 Å². The predicted octanol–water partition coefficient (Wildman–Crippen LogP) is 6.49. The third-order valence-electron chi connectivity index (χ3n) is 5.75. The van der Waals surface area contributed by atoms with E-state index in [1.807, 2.05) is 44.2 Å². The molecule has 1 aromatic heterocycles. The summed E-state index contributed by atoms with van der Waals surface area (Å²) in [5.74, 6) is -0.171. The standard InChI is InChI=1S/C26H23F5N6OS/c1-16-4-3-5-17(2)22(16)34-24(39)35-33-14-18-6-8-19(9-7-18)23-32-15-37(36-23)20-10-12-21(13-11-20)38-26(30,31)25(27,28)29/h3-6,8,10-15H,7,9H2,1-2H3,(H2,34,35,39)/b33-14+. The Balaban J connectivity index is 1.34. The van der Waals surface area contributed by atoms with Crippen LogP contribution in [0.3, 0.4) is 0 Å². The van der Waals surface area contributed by atoms with Crippen molar-refractivity contribution in [3.05, 3.63) is 83.5 Å². The first kappa shape index (κ1) is 27.9. The average molecular weight is 563 g/mol. The van der Waals surface area contributed by atoms with E-state index in [4.69, 9.17) is 12.2 Å². The molecule has 7 nitrogen and oxygen atoms in total. The van der Waals surface area contributed by atoms with E-state index in [2.05, 4.69) is 30.7 Å². The van der Waals surface area contributed by atoms with Gasteiger partial charge < -0.3 is 10.1 Å². The molecule has 39 heavy (non-hydrogen) atoms. The van der Waals surface area contributed by atoms with Crippen LogP contribution in [0.4, 0.5) is 27.6 Å². The molecule has 0 amide bonds. The van der Waals surface area contributed by atoms with E-state index in [0.29, 0.717) is 29.5 Å². The molecule has 1 aliphatic rings. The van der Waals surface area contributed by atoms with Gasteiger partial charge in [-0.2, -0.15) is 27.1 Å². The molecule has 1 aliphatic carbocycles. The molecule has 3 aromatic rings. The third kappa shape index (κ3) is 6.85. The minimum absolute atomic E-state index is 0.375. The number of halogens is 5. The lowest BCUT2D eigenvalue weighted by atomic mass is 9.99. The number of aromatic nitrogens is 3. The summed E-state index contributed by atoms with van der Waals surface area (Å²) in [5.41, 5.74) is 8.14. The van der Waals surface area contributed by atoms with Crippen LogP contribution in [0.5, 0.6) is 5.75 Å². The number of nitrogens with one attached hydrogen (secondary N) is 2. The molecule has 0 saturated heterocycles. The van der Waals surface area contributed by atoms with Gasteiger partial charge in [0, 0.05) is 5.69 Å². The lowest BCUT2D eigenvalue weighted by molar-refractivity contribution is -0.360. The molecule has 4 rings (SSSR count). The number of anilines is 1. The molecule has 2 N–H and O–H groups in total. The van der Waals surface area contributed by atoms with Gasteiger partial charge in [0.15, 0.2) is 10.9 Å². The highest BCUT2D eigenvalue weighted by Gasteiger charge is 2.61. The number of hydrazone groups is 1. The number of alkyl halides is 5. The predicted molar refractivity (Wildman–Crippen MR) is 142 cm³/mol. The van der Waals surface area contributed by atoms with Crippen LogP contribution in [0.1, 0.15) is 29.8 Å². The Labute approximate surface area is 226 Å². The van der Waals surface area contributed by atoms with E-state index < -0.39 is 18.0 Å². The van der Waals surface area contributed by atoms with Crippen LogP contribution in [-0.4, -0.2) is 38.4 Å². The minimum atomic E-state index is -5.82. The average Bonchev–Trinajstić information content (AvgIpc) is 3.37. The van der Waals surface area contributed by atoms with E-state index >= 15 is 0 Å². The monoisotopic (exact) mass is 562 g/mol. The molecule has 0 bridgehead atoms. The number of benzene rings is 2. The fourth-order valence-corrected chi connectivity index (χ4v) is 3.84. The maximum absolute atomic E-state index is 13.1. The Morgan fingerprint density at radius 3 is 2.33 bits per heavy atom. The Kier molecular flexibility index (Phi) is 8.09. The molecule has 0 fully saturated rings. The zero-order chi connectivity index (χ0) is 28.2. The molecule has 13 heteroatoms. The number of ether oxygens (including phenoxy) is 1.